The molecule has 0 spiro atoms. The molecular formula is C13H17NO3S3. The Labute approximate surface area is 128 Å². The molecule has 1 aromatic heterocycles. The van der Waals surface area contributed by atoms with Gasteiger partial charge in [0.05, 0.1) is 12.0 Å². The van der Waals surface area contributed by atoms with Gasteiger partial charge in [0.2, 0.25) is 0 Å². The van der Waals surface area contributed by atoms with Gasteiger partial charge in [0.1, 0.15) is 4.34 Å². The summed E-state index contributed by atoms with van der Waals surface area (Å²) in [6.07, 6.45) is 2.04. The molecule has 0 fully saturated rings. The quantitative estimate of drug-likeness (QED) is 0.636. The molecule has 0 radical (unpaired) electrons. The summed E-state index contributed by atoms with van der Waals surface area (Å²) >= 11 is 3.40. The highest BCUT2D eigenvalue weighted by Crippen LogP contribution is 2.18. The molecule has 20 heavy (non-hydrogen) atoms. The summed E-state index contributed by atoms with van der Waals surface area (Å²) in [5, 5.41) is 2.06. The van der Waals surface area contributed by atoms with Crippen LogP contribution >= 0.6 is 23.1 Å². The zero-order valence-electron chi connectivity index (χ0n) is 11.8. The van der Waals surface area contributed by atoms with Crippen LogP contribution in [-0.2, 0) is 14.3 Å². The molecule has 0 N–H and O–H groups in total. The molecular weight excluding hydrogens is 314 g/mol. The number of thiazole rings is 1. The van der Waals surface area contributed by atoms with Crippen LogP contribution in [0.1, 0.15) is 11.3 Å². The van der Waals surface area contributed by atoms with Crippen LogP contribution in [0.15, 0.2) is 38.9 Å². The highest BCUT2D eigenvalue weighted by atomic mass is 32.2. The molecule has 0 aliphatic heterocycles. The van der Waals surface area contributed by atoms with E-state index in [-0.39, 0.29) is 4.90 Å². The highest BCUT2D eigenvalue weighted by Gasteiger charge is 2.11. The Morgan fingerprint density at radius 1 is 1.20 bits per heavy atom. The van der Waals surface area contributed by atoms with Gasteiger partial charge in [-0.1, -0.05) is 29.5 Å². The molecule has 0 unspecified atom stereocenters. The lowest BCUT2D eigenvalue weighted by molar-refractivity contribution is 0.398. The van der Waals surface area contributed by atoms with Crippen molar-refractivity contribution >= 4 is 33.2 Å². The van der Waals surface area contributed by atoms with Crippen LogP contribution in [0, 0.1) is 13.8 Å². The van der Waals surface area contributed by atoms with E-state index in [9.17, 15) is 8.42 Å². The molecule has 110 valence electrons. The van der Waals surface area contributed by atoms with Crippen molar-refractivity contribution in [2.75, 3.05) is 13.4 Å². The minimum Gasteiger partial charge on any atom is -0.270 e. The monoisotopic (exact) mass is 331 g/mol. The first-order valence-corrected chi connectivity index (χ1v) is 9.23. The molecule has 1 aromatic carbocycles. The summed E-state index contributed by atoms with van der Waals surface area (Å²) < 4.78 is 27.7. The largest absolute Gasteiger partial charge is 0.296 e. The van der Waals surface area contributed by atoms with Crippen molar-refractivity contribution in [3.05, 3.63) is 40.9 Å². The van der Waals surface area contributed by atoms with Gasteiger partial charge in [-0.3, -0.25) is 4.18 Å². The number of rotatable bonds is 3. The molecule has 0 atom stereocenters. The van der Waals surface area contributed by atoms with Crippen molar-refractivity contribution in [1.82, 2.24) is 4.98 Å². The van der Waals surface area contributed by atoms with Crippen molar-refractivity contribution < 1.29 is 12.6 Å². The van der Waals surface area contributed by atoms with Gasteiger partial charge in [-0.2, -0.15) is 8.42 Å². The van der Waals surface area contributed by atoms with Gasteiger partial charge in [0.25, 0.3) is 10.1 Å². The van der Waals surface area contributed by atoms with Crippen molar-refractivity contribution in [3.63, 3.8) is 0 Å². The predicted octanol–water partition coefficient (Wildman–Crippen LogP) is 3.50. The fraction of sp³-hybridized carbons (Fsp3) is 0.308. The summed E-state index contributed by atoms with van der Waals surface area (Å²) in [7, 11) is -2.37. The number of nitrogens with zero attached hydrogens (tertiary/aromatic N) is 1. The van der Waals surface area contributed by atoms with E-state index in [1.165, 1.54) is 12.1 Å². The number of thioether (sulfide) groups is 1. The fourth-order valence-corrected chi connectivity index (χ4v) is 3.17. The molecule has 0 saturated heterocycles. The molecule has 1 heterocycles. The van der Waals surface area contributed by atoms with Crippen molar-refractivity contribution in [1.29, 1.82) is 0 Å². The predicted molar refractivity (Wildman–Crippen MR) is 84.0 cm³/mol. The molecule has 7 heteroatoms. The van der Waals surface area contributed by atoms with Gasteiger partial charge in [-0.05, 0) is 32.2 Å². The third-order valence-corrected chi connectivity index (χ3v) is 5.57. The molecule has 0 aliphatic carbocycles. The van der Waals surface area contributed by atoms with Crippen LogP contribution in [0.2, 0.25) is 0 Å². The van der Waals surface area contributed by atoms with Gasteiger partial charge in [0, 0.05) is 11.1 Å². The second-order valence-corrected chi connectivity index (χ2v) is 7.52. The van der Waals surface area contributed by atoms with E-state index in [1.54, 1.807) is 35.2 Å². The van der Waals surface area contributed by atoms with Crippen LogP contribution in [0.4, 0.5) is 0 Å². The first kappa shape index (κ1) is 17.2. The number of benzene rings is 1. The van der Waals surface area contributed by atoms with E-state index in [0.717, 1.165) is 22.7 Å². The zero-order chi connectivity index (χ0) is 15.2. The first-order valence-electron chi connectivity index (χ1n) is 5.72. The Balaban J connectivity index is 0.000000217. The fourth-order valence-electron chi connectivity index (χ4n) is 1.23. The Bertz CT molecular complexity index is 633. The Kier molecular flexibility index (Phi) is 6.67. The minimum atomic E-state index is -3.51. The summed E-state index contributed by atoms with van der Waals surface area (Å²) in [6.45, 7) is 3.90. The summed E-state index contributed by atoms with van der Waals surface area (Å²) in [5.41, 5.74) is 2.14. The summed E-state index contributed by atoms with van der Waals surface area (Å²) in [4.78, 5) is 4.40. The minimum absolute atomic E-state index is 0.190. The summed E-state index contributed by atoms with van der Waals surface area (Å²) in [5.74, 6) is 0. The van der Waals surface area contributed by atoms with Crippen molar-refractivity contribution in [3.8, 4) is 0 Å². The average Bonchev–Trinajstić information content (AvgIpc) is 2.86. The smallest absolute Gasteiger partial charge is 0.270 e. The highest BCUT2D eigenvalue weighted by molar-refractivity contribution is 8.00. The molecule has 0 bridgehead atoms. The molecule has 2 aromatic rings. The van der Waals surface area contributed by atoms with E-state index in [2.05, 4.69) is 14.5 Å². The number of hydrogen-bond donors (Lipinski definition) is 0. The number of aryl methyl sites for hydroxylation is 2. The maximum atomic E-state index is 11.1. The second-order valence-electron chi connectivity index (χ2n) is 3.89. The van der Waals surface area contributed by atoms with Gasteiger partial charge in [-0.15, -0.1) is 11.3 Å². The molecule has 4 nitrogen and oxygen atoms in total. The zero-order valence-corrected chi connectivity index (χ0v) is 14.2. The molecule has 0 saturated carbocycles. The van der Waals surface area contributed by atoms with Crippen LogP contribution in [0.3, 0.4) is 0 Å². The first-order chi connectivity index (χ1) is 9.39. The van der Waals surface area contributed by atoms with E-state index < -0.39 is 10.1 Å². The average molecular weight is 331 g/mol. The molecule has 2 rings (SSSR count). The lowest BCUT2D eigenvalue weighted by Gasteiger charge is -2.00. The second kappa shape index (κ2) is 7.78. The summed E-state index contributed by atoms with van der Waals surface area (Å²) in [6, 6.07) is 6.50. The van der Waals surface area contributed by atoms with E-state index in [1.807, 2.05) is 20.1 Å². The van der Waals surface area contributed by atoms with E-state index in [4.69, 9.17) is 0 Å². The normalized spacial score (nSPS) is 10.8. The van der Waals surface area contributed by atoms with E-state index in [0.29, 0.717) is 0 Å². The van der Waals surface area contributed by atoms with Crippen LogP contribution in [0.5, 0.6) is 0 Å². The number of hydrogen-bond acceptors (Lipinski definition) is 6. The van der Waals surface area contributed by atoms with Crippen molar-refractivity contribution in [2.45, 2.75) is 23.1 Å². The Hall–Kier alpha value is -0.890. The topological polar surface area (TPSA) is 56.3 Å². The molecule has 0 amide bonds. The standard InChI is InChI=1S/C8H10O3S.C5H7NS2/c1-7-3-5-8(6-4-7)12(9,10)11-2;1-4-3-8-5(6-4)7-2/h3-6H,1-2H3;3H,1-2H3. The SMILES string of the molecule is COS(=O)(=O)c1ccc(C)cc1.CSc1nc(C)cs1. The number of aromatic nitrogens is 1. The van der Waals surface area contributed by atoms with Gasteiger partial charge in [-0.25, -0.2) is 4.98 Å². The van der Waals surface area contributed by atoms with Crippen LogP contribution in [-0.4, -0.2) is 26.8 Å². The Morgan fingerprint density at radius 2 is 1.80 bits per heavy atom. The lowest BCUT2D eigenvalue weighted by atomic mass is 10.2. The van der Waals surface area contributed by atoms with Gasteiger partial charge < -0.3 is 0 Å². The maximum Gasteiger partial charge on any atom is 0.296 e. The third kappa shape index (κ3) is 5.24. The Morgan fingerprint density at radius 3 is 2.15 bits per heavy atom. The molecule has 0 aliphatic rings. The van der Waals surface area contributed by atoms with Crippen LogP contribution < -0.4 is 0 Å². The lowest BCUT2D eigenvalue weighted by Crippen LogP contribution is -2.02. The van der Waals surface area contributed by atoms with Crippen molar-refractivity contribution in [2.24, 2.45) is 0 Å². The van der Waals surface area contributed by atoms with Gasteiger partial charge >= 0.3 is 0 Å². The maximum absolute atomic E-state index is 11.1. The van der Waals surface area contributed by atoms with Crippen LogP contribution in [0.25, 0.3) is 0 Å². The van der Waals surface area contributed by atoms with Gasteiger partial charge in [0.15, 0.2) is 0 Å². The third-order valence-electron chi connectivity index (χ3n) is 2.30. The van der Waals surface area contributed by atoms with E-state index >= 15 is 0 Å².